The second-order valence-electron chi connectivity index (χ2n) is 21.3. The third kappa shape index (κ3) is 7.49. The Hall–Kier alpha value is -5.48. The topological polar surface area (TPSA) is 52.6 Å². The number of esters is 2. The van der Waals surface area contributed by atoms with Crippen LogP contribution in [0.2, 0.25) is 0 Å². The number of benzene rings is 7. The lowest BCUT2D eigenvalue weighted by molar-refractivity contribution is -0.166. The van der Waals surface area contributed by atoms with E-state index >= 15 is 0 Å². The molecule has 0 amide bonds. The minimum atomic E-state index is -0.664. The van der Waals surface area contributed by atoms with Crippen molar-refractivity contribution < 1.29 is 19.1 Å². The van der Waals surface area contributed by atoms with E-state index in [1.54, 1.807) is 0 Å². The van der Waals surface area contributed by atoms with E-state index in [4.69, 9.17) is 9.47 Å². The molecule has 0 aromatic heterocycles. The Balaban J connectivity index is 0.000000154. The van der Waals surface area contributed by atoms with Crippen molar-refractivity contribution in [3.63, 3.8) is 0 Å². The highest BCUT2D eigenvalue weighted by Crippen LogP contribution is 2.57. The van der Waals surface area contributed by atoms with Crippen LogP contribution in [0.5, 0.6) is 0 Å². The number of carbonyl (C=O) groups is 2. The van der Waals surface area contributed by atoms with Gasteiger partial charge in [0, 0.05) is 0 Å². The van der Waals surface area contributed by atoms with Crippen molar-refractivity contribution >= 4 is 55.0 Å². The Kier molecular flexibility index (Phi) is 10.7. The molecular weight excluding hydrogens is 785 g/mol. The van der Waals surface area contributed by atoms with Gasteiger partial charge in [-0.25, -0.2) is 0 Å². The van der Waals surface area contributed by atoms with Crippen LogP contribution in [0.3, 0.4) is 0 Å². The fourth-order valence-corrected chi connectivity index (χ4v) is 12.8. The summed E-state index contributed by atoms with van der Waals surface area (Å²) in [5.74, 6) is 5.22. The summed E-state index contributed by atoms with van der Waals surface area (Å²) in [5.41, 5.74) is 3.24. The van der Waals surface area contributed by atoms with Gasteiger partial charge in [-0.2, -0.15) is 0 Å². The summed E-state index contributed by atoms with van der Waals surface area (Å²) in [4.78, 5) is 26.4. The van der Waals surface area contributed by atoms with Gasteiger partial charge in [0.1, 0.15) is 11.2 Å². The molecule has 64 heavy (non-hydrogen) atoms. The van der Waals surface area contributed by atoms with Crippen molar-refractivity contribution in [3.05, 3.63) is 145 Å². The first kappa shape index (κ1) is 42.5. The summed E-state index contributed by atoms with van der Waals surface area (Å²) < 4.78 is 12.4. The summed E-state index contributed by atoms with van der Waals surface area (Å²) >= 11 is 0. The van der Waals surface area contributed by atoms with Crippen LogP contribution in [0.15, 0.2) is 133 Å². The van der Waals surface area contributed by atoms with Gasteiger partial charge in [-0.1, -0.05) is 143 Å². The third-order valence-electron chi connectivity index (χ3n) is 17.2. The highest BCUT2D eigenvalue weighted by Gasteiger charge is 2.53. The summed E-state index contributed by atoms with van der Waals surface area (Å²) in [7, 11) is 0. The molecule has 7 aromatic rings. The van der Waals surface area contributed by atoms with Gasteiger partial charge in [0.25, 0.3) is 0 Å². The molecular formula is C60H64O4. The molecule has 0 heterocycles. The van der Waals surface area contributed by atoms with E-state index in [0.717, 1.165) is 35.8 Å². The largest absolute Gasteiger partial charge is 0.455 e. The van der Waals surface area contributed by atoms with Crippen LogP contribution in [-0.4, -0.2) is 11.9 Å². The van der Waals surface area contributed by atoms with Crippen molar-refractivity contribution in [3.8, 4) is 11.1 Å². The Bertz CT molecular complexity index is 2900. The minimum Gasteiger partial charge on any atom is -0.455 e. The molecule has 4 saturated carbocycles. The molecule has 0 aliphatic heterocycles. The first-order valence-electron chi connectivity index (χ1n) is 24.1. The molecule has 0 spiro atoms. The van der Waals surface area contributed by atoms with Crippen LogP contribution in [0.4, 0.5) is 0 Å². The molecule has 7 aromatic carbocycles. The zero-order valence-corrected chi connectivity index (χ0v) is 38.9. The van der Waals surface area contributed by atoms with Crippen LogP contribution in [0.25, 0.3) is 54.2 Å². The van der Waals surface area contributed by atoms with Gasteiger partial charge in [0.05, 0.1) is 11.8 Å². The second kappa shape index (κ2) is 16.2. The first-order chi connectivity index (χ1) is 30.7. The Morgan fingerprint density at radius 2 is 0.859 bits per heavy atom. The molecule has 0 N–H and O–H groups in total. The van der Waals surface area contributed by atoms with E-state index in [1.165, 1.54) is 67.1 Å². The number of fused-ring (bicyclic) bond motifs is 10. The van der Waals surface area contributed by atoms with E-state index in [1.807, 2.05) is 33.8 Å². The van der Waals surface area contributed by atoms with Gasteiger partial charge in [-0.3, -0.25) is 9.59 Å². The predicted molar refractivity (Wildman–Crippen MR) is 263 cm³/mol. The third-order valence-corrected chi connectivity index (χ3v) is 17.2. The number of carbonyl (C=O) groups excluding carboxylic acids is 2. The quantitative estimate of drug-likeness (QED) is 0.118. The number of ether oxygens (including phenoxy) is 2. The molecule has 4 nitrogen and oxygen atoms in total. The SMILES string of the molecule is CC1C2CC(C(=O)OC(C)(C)c3ccc4c(ccc5ccc(-c6ccccc6)cc54)c3)C(C2)C1C.CC1C2CC(C(=O)OC(C)(C)c3ccc4c(ccc5ccccc54)c3)C(C2)C1C. The highest BCUT2D eigenvalue weighted by molar-refractivity contribution is 6.09. The smallest absolute Gasteiger partial charge is 0.310 e. The van der Waals surface area contributed by atoms with Gasteiger partial charge in [0.2, 0.25) is 0 Å². The molecule has 4 aliphatic rings. The normalized spacial score (nSPS) is 27.2. The molecule has 328 valence electrons. The summed E-state index contributed by atoms with van der Waals surface area (Å²) in [6.07, 6.45) is 4.40. The molecule has 4 aliphatic carbocycles. The summed E-state index contributed by atoms with van der Waals surface area (Å²) in [5, 5.41) is 9.81. The van der Waals surface area contributed by atoms with Gasteiger partial charge in [-0.15, -0.1) is 0 Å². The van der Waals surface area contributed by atoms with Crippen LogP contribution >= 0.6 is 0 Å². The van der Waals surface area contributed by atoms with E-state index in [2.05, 4.69) is 155 Å². The lowest BCUT2D eigenvalue weighted by atomic mass is 9.75. The lowest BCUT2D eigenvalue weighted by Gasteiger charge is -2.33. The molecule has 11 rings (SSSR count). The summed E-state index contributed by atoms with van der Waals surface area (Å²) in [6.45, 7) is 17.4. The van der Waals surface area contributed by atoms with Gasteiger partial charge in [-0.05, 0) is 184 Å². The van der Waals surface area contributed by atoms with Crippen molar-refractivity contribution in [1.82, 2.24) is 0 Å². The van der Waals surface area contributed by atoms with Crippen molar-refractivity contribution in [1.29, 1.82) is 0 Å². The van der Waals surface area contributed by atoms with Crippen molar-refractivity contribution in [2.24, 2.45) is 59.2 Å². The zero-order valence-electron chi connectivity index (χ0n) is 38.9. The Labute approximate surface area is 379 Å². The molecule has 4 heteroatoms. The van der Waals surface area contributed by atoms with E-state index < -0.39 is 11.2 Å². The van der Waals surface area contributed by atoms with E-state index in [-0.39, 0.29) is 23.8 Å². The fourth-order valence-electron chi connectivity index (χ4n) is 12.8. The maximum absolute atomic E-state index is 13.3. The monoisotopic (exact) mass is 848 g/mol. The summed E-state index contributed by atoms with van der Waals surface area (Å²) in [6, 6.07) is 47.4. The van der Waals surface area contributed by atoms with Crippen LogP contribution in [0, 0.1) is 59.2 Å². The maximum atomic E-state index is 13.3. The number of rotatable bonds is 7. The minimum absolute atomic E-state index is 0.000131. The standard InChI is InChI=1S/C33H34O2.C27H30O2/c1-20-21(2)29-18-26(20)19-31(29)32(34)35-33(3,4)27-14-15-28-25(16-27)13-11-23-10-12-24(17-30(23)28)22-8-6-5-7-9-22;1-16-17(2)24-14-20(16)15-25(24)26(28)29-27(3,4)21-11-12-23-19(13-21)10-9-18-7-5-6-8-22(18)23/h5-17,20-21,26,29,31H,18-19H2,1-4H3;5-13,16-17,20,24-25H,14-15H2,1-4H3. The Morgan fingerprint density at radius 1 is 0.422 bits per heavy atom. The Morgan fingerprint density at radius 3 is 1.38 bits per heavy atom. The van der Waals surface area contributed by atoms with E-state index in [9.17, 15) is 9.59 Å². The van der Waals surface area contributed by atoms with Crippen LogP contribution in [0.1, 0.15) is 92.2 Å². The highest BCUT2D eigenvalue weighted by atomic mass is 16.6. The zero-order chi connectivity index (χ0) is 44.7. The van der Waals surface area contributed by atoms with Gasteiger partial charge < -0.3 is 9.47 Å². The van der Waals surface area contributed by atoms with Crippen LogP contribution < -0.4 is 0 Å². The maximum Gasteiger partial charge on any atom is 0.310 e. The van der Waals surface area contributed by atoms with Crippen molar-refractivity contribution in [2.75, 3.05) is 0 Å². The molecule has 4 bridgehead atoms. The average molecular weight is 849 g/mol. The predicted octanol–water partition coefficient (Wildman–Crippen LogP) is 15.1. The van der Waals surface area contributed by atoms with Crippen molar-refractivity contribution in [2.45, 2.75) is 92.3 Å². The molecule has 10 atom stereocenters. The second-order valence-corrected chi connectivity index (χ2v) is 21.3. The molecule has 10 unspecified atom stereocenters. The average Bonchev–Trinajstić information content (AvgIpc) is 4.08. The fraction of sp³-hybridized carbons (Fsp3) is 0.400. The van der Waals surface area contributed by atoms with Gasteiger partial charge in [0.15, 0.2) is 0 Å². The lowest BCUT2D eigenvalue weighted by Crippen LogP contribution is -2.35. The molecule has 0 saturated heterocycles. The first-order valence-corrected chi connectivity index (χ1v) is 24.1. The number of hydrogen-bond donors (Lipinski definition) is 0. The number of hydrogen-bond acceptors (Lipinski definition) is 4. The molecule has 4 fully saturated rings. The van der Waals surface area contributed by atoms with Gasteiger partial charge >= 0.3 is 11.9 Å². The van der Waals surface area contributed by atoms with Crippen LogP contribution in [-0.2, 0) is 30.3 Å². The molecule has 0 radical (unpaired) electrons. The van der Waals surface area contributed by atoms with E-state index in [0.29, 0.717) is 35.5 Å².